The largest absolute Gasteiger partial charge is 0.376 e. The number of carbonyl (C=O) groups excluding carboxylic acids is 1. The summed E-state index contributed by atoms with van der Waals surface area (Å²) < 4.78 is 31.3. The summed E-state index contributed by atoms with van der Waals surface area (Å²) in [6, 6.07) is 8.78. The summed E-state index contributed by atoms with van der Waals surface area (Å²) >= 11 is 0. The van der Waals surface area contributed by atoms with E-state index in [1.165, 1.54) is 0 Å². The molecule has 7 nitrogen and oxygen atoms in total. The standard InChI is InChI=1S/C19H23N3O4S/c23-19(15-4-6-16(7-5-15)22-10-2-9-20-22)21(13-18-3-1-11-26-18)17-8-12-27(24,25)14-17/h2,4-7,9-10,17-18H,1,3,8,11-14H2/t17-,18+/m0/s1. The van der Waals surface area contributed by atoms with Gasteiger partial charge in [0.2, 0.25) is 0 Å². The Balaban J connectivity index is 1.55. The van der Waals surface area contributed by atoms with Crippen molar-refractivity contribution in [2.75, 3.05) is 24.7 Å². The monoisotopic (exact) mass is 389 g/mol. The van der Waals surface area contributed by atoms with E-state index >= 15 is 0 Å². The zero-order valence-corrected chi connectivity index (χ0v) is 15.8. The fourth-order valence-electron chi connectivity index (χ4n) is 3.77. The number of benzene rings is 1. The van der Waals surface area contributed by atoms with Gasteiger partial charge < -0.3 is 9.64 Å². The second kappa shape index (κ2) is 7.44. The highest BCUT2D eigenvalue weighted by atomic mass is 32.2. The molecule has 2 atom stereocenters. The summed E-state index contributed by atoms with van der Waals surface area (Å²) in [6.45, 7) is 1.15. The van der Waals surface area contributed by atoms with Gasteiger partial charge in [-0.1, -0.05) is 0 Å². The van der Waals surface area contributed by atoms with Crippen molar-refractivity contribution >= 4 is 15.7 Å². The molecule has 144 valence electrons. The van der Waals surface area contributed by atoms with E-state index in [1.807, 2.05) is 24.4 Å². The first-order valence-electron chi connectivity index (χ1n) is 9.25. The van der Waals surface area contributed by atoms with Crippen LogP contribution >= 0.6 is 0 Å². The van der Waals surface area contributed by atoms with E-state index in [9.17, 15) is 13.2 Å². The van der Waals surface area contributed by atoms with Crippen molar-refractivity contribution in [3.8, 4) is 5.69 Å². The van der Waals surface area contributed by atoms with Crippen LogP contribution in [-0.4, -0.2) is 65.8 Å². The van der Waals surface area contributed by atoms with Crippen LogP contribution in [0.15, 0.2) is 42.7 Å². The summed E-state index contributed by atoms with van der Waals surface area (Å²) in [5.41, 5.74) is 1.42. The van der Waals surface area contributed by atoms with Crippen LogP contribution in [0.25, 0.3) is 5.69 Å². The number of nitrogens with zero attached hydrogens (tertiary/aromatic N) is 3. The Labute approximate surface area is 158 Å². The van der Waals surface area contributed by atoms with Crippen molar-refractivity contribution in [3.05, 3.63) is 48.3 Å². The van der Waals surface area contributed by atoms with Crippen LogP contribution in [0.1, 0.15) is 29.6 Å². The average molecular weight is 389 g/mol. The van der Waals surface area contributed by atoms with Gasteiger partial charge in [0.25, 0.3) is 5.91 Å². The van der Waals surface area contributed by atoms with Crippen molar-refractivity contribution in [1.82, 2.24) is 14.7 Å². The Morgan fingerprint density at radius 3 is 2.67 bits per heavy atom. The number of aromatic nitrogens is 2. The maximum absolute atomic E-state index is 13.2. The number of amides is 1. The van der Waals surface area contributed by atoms with Gasteiger partial charge in [-0.25, -0.2) is 13.1 Å². The van der Waals surface area contributed by atoms with Crippen LogP contribution in [-0.2, 0) is 14.6 Å². The normalized spacial score (nSPS) is 24.1. The maximum atomic E-state index is 13.2. The second-order valence-electron chi connectivity index (χ2n) is 7.15. The molecular weight excluding hydrogens is 366 g/mol. The molecule has 0 N–H and O–H groups in total. The van der Waals surface area contributed by atoms with E-state index in [0.29, 0.717) is 25.1 Å². The molecule has 8 heteroatoms. The molecule has 1 aromatic carbocycles. The van der Waals surface area contributed by atoms with Gasteiger partial charge in [-0.05, 0) is 49.6 Å². The lowest BCUT2D eigenvalue weighted by Gasteiger charge is -2.30. The molecule has 2 aliphatic rings. The third-order valence-corrected chi connectivity index (χ3v) is 6.97. The summed E-state index contributed by atoms with van der Waals surface area (Å²) in [5, 5.41) is 4.18. The van der Waals surface area contributed by atoms with Crippen molar-refractivity contribution in [2.24, 2.45) is 0 Å². The predicted octanol–water partition coefficient (Wildman–Crippen LogP) is 1.68. The highest BCUT2D eigenvalue weighted by Gasteiger charge is 2.36. The molecule has 2 fully saturated rings. The predicted molar refractivity (Wildman–Crippen MR) is 101 cm³/mol. The van der Waals surface area contributed by atoms with Gasteiger partial charge in [-0.2, -0.15) is 5.10 Å². The molecule has 0 saturated carbocycles. The van der Waals surface area contributed by atoms with E-state index in [0.717, 1.165) is 18.5 Å². The number of sulfone groups is 1. The molecule has 0 bridgehead atoms. The lowest BCUT2D eigenvalue weighted by Crippen LogP contribution is -2.45. The highest BCUT2D eigenvalue weighted by Crippen LogP contribution is 2.23. The minimum atomic E-state index is -3.07. The van der Waals surface area contributed by atoms with Crippen LogP contribution < -0.4 is 0 Å². The molecule has 2 aliphatic heterocycles. The molecule has 0 spiro atoms. The van der Waals surface area contributed by atoms with Gasteiger partial charge in [0.05, 0.1) is 23.3 Å². The third kappa shape index (κ3) is 4.06. The van der Waals surface area contributed by atoms with E-state index in [1.54, 1.807) is 27.9 Å². The molecule has 0 aliphatic carbocycles. The number of hydrogen-bond donors (Lipinski definition) is 0. The average Bonchev–Trinajstić information content (AvgIpc) is 3.41. The van der Waals surface area contributed by atoms with E-state index in [2.05, 4.69) is 5.10 Å². The molecule has 2 saturated heterocycles. The minimum absolute atomic E-state index is 0.0133. The minimum Gasteiger partial charge on any atom is -0.376 e. The third-order valence-electron chi connectivity index (χ3n) is 5.22. The maximum Gasteiger partial charge on any atom is 0.254 e. The molecule has 1 aromatic heterocycles. The van der Waals surface area contributed by atoms with Crippen LogP contribution in [0.5, 0.6) is 0 Å². The Hall–Kier alpha value is -2.19. The first-order valence-corrected chi connectivity index (χ1v) is 11.1. The Bertz CT molecular complexity index is 888. The summed E-state index contributed by atoms with van der Waals surface area (Å²) in [4.78, 5) is 14.9. The summed E-state index contributed by atoms with van der Waals surface area (Å²) in [6.07, 6.45) is 5.90. The highest BCUT2D eigenvalue weighted by molar-refractivity contribution is 7.91. The van der Waals surface area contributed by atoms with Crippen molar-refractivity contribution < 1.29 is 17.9 Å². The van der Waals surface area contributed by atoms with Crippen LogP contribution in [0.4, 0.5) is 0 Å². The van der Waals surface area contributed by atoms with E-state index < -0.39 is 9.84 Å². The molecule has 4 rings (SSSR count). The molecule has 3 heterocycles. The quantitative estimate of drug-likeness (QED) is 0.777. The van der Waals surface area contributed by atoms with Gasteiger partial charge in [-0.3, -0.25) is 4.79 Å². The smallest absolute Gasteiger partial charge is 0.254 e. The molecule has 1 amide bonds. The fourth-order valence-corrected chi connectivity index (χ4v) is 5.50. The van der Waals surface area contributed by atoms with Gasteiger partial charge in [0.1, 0.15) is 0 Å². The van der Waals surface area contributed by atoms with Crippen molar-refractivity contribution in [2.45, 2.75) is 31.4 Å². The fraction of sp³-hybridized carbons (Fsp3) is 0.474. The zero-order chi connectivity index (χ0) is 18.9. The topological polar surface area (TPSA) is 81.5 Å². The number of hydrogen-bond acceptors (Lipinski definition) is 5. The lowest BCUT2D eigenvalue weighted by atomic mass is 10.1. The zero-order valence-electron chi connectivity index (χ0n) is 15.0. The molecular formula is C19H23N3O4S. The number of rotatable bonds is 5. The molecule has 0 unspecified atom stereocenters. The lowest BCUT2D eigenvalue weighted by molar-refractivity contribution is 0.0441. The van der Waals surface area contributed by atoms with Gasteiger partial charge in [0.15, 0.2) is 9.84 Å². The SMILES string of the molecule is O=C(c1ccc(-n2cccn2)cc1)N(C[C@H]1CCCO1)[C@H]1CCS(=O)(=O)C1. The molecule has 27 heavy (non-hydrogen) atoms. The Morgan fingerprint density at radius 1 is 1.26 bits per heavy atom. The first-order chi connectivity index (χ1) is 13.0. The molecule has 2 aromatic rings. The van der Waals surface area contributed by atoms with Crippen molar-refractivity contribution in [3.63, 3.8) is 0 Å². The van der Waals surface area contributed by atoms with Gasteiger partial charge in [0, 0.05) is 37.2 Å². The number of carbonyl (C=O) groups is 1. The second-order valence-corrected chi connectivity index (χ2v) is 9.38. The van der Waals surface area contributed by atoms with Crippen LogP contribution in [0, 0.1) is 0 Å². The van der Waals surface area contributed by atoms with Crippen LogP contribution in [0.2, 0.25) is 0 Å². The van der Waals surface area contributed by atoms with Crippen LogP contribution in [0.3, 0.4) is 0 Å². The Kier molecular flexibility index (Phi) is 5.01. The Morgan fingerprint density at radius 2 is 2.07 bits per heavy atom. The van der Waals surface area contributed by atoms with Crippen molar-refractivity contribution in [1.29, 1.82) is 0 Å². The summed E-state index contributed by atoms with van der Waals surface area (Å²) in [7, 11) is -3.07. The molecule has 0 radical (unpaired) electrons. The first kappa shape index (κ1) is 18.2. The van der Waals surface area contributed by atoms with E-state index in [4.69, 9.17) is 4.74 Å². The van der Waals surface area contributed by atoms with E-state index in [-0.39, 0.29) is 29.6 Å². The summed E-state index contributed by atoms with van der Waals surface area (Å²) in [5.74, 6) is 0.0433. The number of ether oxygens (including phenoxy) is 1. The van der Waals surface area contributed by atoms with Gasteiger partial charge >= 0.3 is 0 Å². The van der Waals surface area contributed by atoms with Gasteiger partial charge in [-0.15, -0.1) is 0 Å².